The minimum atomic E-state index is -0.537. The first kappa shape index (κ1) is 16.4. The van der Waals surface area contributed by atoms with Gasteiger partial charge in [0.15, 0.2) is 0 Å². The second kappa shape index (κ2) is 6.01. The molecule has 2 N–H and O–H groups in total. The van der Waals surface area contributed by atoms with Crippen LogP contribution in [0, 0.1) is 6.92 Å². The molecule has 0 saturated carbocycles. The van der Waals surface area contributed by atoms with Crippen molar-refractivity contribution in [3.05, 3.63) is 35.1 Å². The van der Waals surface area contributed by atoms with Gasteiger partial charge in [0.25, 0.3) is 0 Å². The van der Waals surface area contributed by atoms with Crippen LogP contribution in [-0.2, 0) is 11.3 Å². The summed E-state index contributed by atoms with van der Waals surface area (Å²) in [5.74, 6) is 0.652. The van der Waals surface area contributed by atoms with Crippen molar-refractivity contribution < 1.29 is 19.1 Å². The molecule has 120 valence electrons. The van der Waals surface area contributed by atoms with E-state index in [1.165, 1.54) is 0 Å². The topological polar surface area (TPSA) is 71.7 Å². The van der Waals surface area contributed by atoms with E-state index in [0.29, 0.717) is 5.76 Å². The lowest BCUT2D eigenvalue weighted by Gasteiger charge is -2.21. The number of hydrogen-bond donors (Lipinski definition) is 2. The van der Waals surface area contributed by atoms with Gasteiger partial charge in [-0.25, -0.2) is 4.79 Å². The number of hydrogen-bond acceptors (Lipinski definition) is 4. The lowest BCUT2D eigenvalue weighted by atomic mass is 10.0. The number of aryl methyl sites for hydroxylation is 1. The molecule has 0 radical (unpaired) electrons. The number of furan rings is 1. The van der Waals surface area contributed by atoms with Crippen LogP contribution in [0.1, 0.15) is 50.6 Å². The Morgan fingerprint density at radius 1 is 1.41 bits per heavy atom. The van der Waals surface area contributed by atoms with E-state index in [9.17, 15) is 9.90 Å². The zero-order valence-electron chi connectivity index (χ0n) is 13.7. The van der Waals surface area contributed by atoms with E-state index < -0.39 is 11.7 Å². The van der Waals surface area contributed by atoms with Gasteiger partial charge in [0, 0.05) is 5.39 Å². The molecule has 1 aromatic heterocycles. The van der Waals surface area contributed by atoms with Gasteiger partial charge in [-0.1, -0.05) is 6.07 Å². The summed E-state index contributed by atoms with van der Waals surface area (Å²) in [4.78, 5) is 11.8. The van der Waals surface area contributed by atoms with Gasteiger partial charge >= 0.3 is 6.09 Å². The van der Waals surface area contributed by atoms with E-state index in [-0.39, 0.29) is 12.6 Å². The molecule has 5 heteroatoms. The molecule has 1 unspecified atom stereocenters. The summed E-state index contributed by atoms with van der Waals surface area (Å²) in [6.45, 7) is 9.23. The van der Waals surface area contributed by atoms with E-state index in [1.807, 2.05) is 52.8 Å². The highest BCUT2D eigenvalue weighted by molar-refractivity contribution is 5.83. The van der Waals surface area contributed by atoms with Crippen LogP contribution in [0.2, 0.25) is 0 Å². The van der Waals surface area contributed by atoms with Gasteiger partial charge < -0.3 is 19.6 Å². The first-order chi connectivity index (χ1) is 10.2. The Hall–Kier alpha value is -2.01. The van der Waals surface area contributed by atoms with Crippen molar-refractivity contribution in [2.24, 2.45) is 0 Å². The predicted molar refractivity (Wildman–Crippen MR) is 84.7 cm³/mol. The molecule has 5 nitrogen and oxygen atoms in total. The number of fused-ring (bicyclic) bond motifs is 1. The SMILES string of the molecule is Cc1c(CO)ccc2oc(C(C)NC(=O)OC(C)(C)C)cc12. The standard InChI is InChI=1S/C17H23NO4/c1-10-12(9-19)6-7-14-13(10)8-15(21-14)11(2)18-16(20)22-17(3,4)5/h6-8,11,19H,9H2,1-5H3,(H,18,20). The highest BCUT2D eigenvalue weighted by Gasteiger charge is 2.20. The average Bonchev–Trinajstić information content (AvgIpc) is 2.81. The molecule has 0 aliphatic carbocycles. The van der Waals surface area contributed by atoms with E-state index in [1.54, 1.807) is 0 Å². The molecule has 1 aromatic carbocycles. The van der Waals surface area contributed by atoms with Crippen LogP contribution in [-0.4, -0.2) is 16.8 Å². The Morgan fingerprint density at radius 2 is 2.09 bits per heavy atom. The highest BCUT2D eigenvalue weighted by atomic mass is 16.6. The van der Waals surface area contributed by atoms with Crippen molar-refractivity contribution in [2.45, 2.75) is 52.9 Å². The van der Waals surface area contributed by atoms with Gasteiger partial charge in [0.2, 0.25) is 0 Å². The van der Waals surface area contributed by atoms with Gasteiger partial charge in [-0.15, -0.1) is 0 Å². The van der Waals surface area contributed by atoms with Crippen molar-refractivity contribution >= 4 is 17.1 Å². The summed E-state index contributed by atoms with van der Waals surface area (Å²) in [5.41, 5.74) is 2.05. The zero-order valence-corrected chi connectivity index (χ0v) is 13.7. The fourth-order valence-corrected chi connectivity index (χ4v) is 2.26. The van der Waals surface area contributed by atoms with Gasteiger partial charge in [0.05, 0.1) is 12.6 Å². The summed E-state index contributed by atoms with van der Waals surface area (Å²) in [5, 5.41) is 13.0. The number of benzene rings is 1. The lowest BCUT2D eigenvalue weighted by molar-refractivity contribution is 0.0502. The monoisotopic (exact) mass is 305 g/mol. The summed E-state index contributed by atoms with van der Waals surface area (Å²) in [6, 6.07) is 5.26. The van der Waals surface area contributed by atoms with Crippen molar-refractivity contribution in [3.8, 4) is 0 Å². The van der Waals surface area contributed by atoms with E-state index in [2.05, 4.69) is 5.32 Å². The van der Waals surface area contributed by atoms with Crippen LogP contribution in [0.5, 0.6) is 0 Å². The van der Waals surface area contributed by atoms with Crippen LogP contribution in [0.3, 0.4) is 0 Å². The number of ether oxygens (including phenoxy) is 1. The number of carbonyl (C=O) groups excluding carboxylic acids is 1. The third-order valence-corrected chi connectivity index (χ3v) is 3.43. The average molecular weight is 305 g/mol. The number of carbonyl (C=O) groups is 1. The van der Waals surface area contributed by atoms with Gasteiger partial charge in [0.1, 0.15) is 16.9 Å². The minimum absolute atomic E-state index is 0.00595. The maximum atomic E-state index is 11.8. The summed E-state index contributed by atoms with van der Waals surface area (Å²) in [6.07, 6.45) is -0.478. The van der Waals surface area contributed by atoms with Crippen molar-refractivity contribution in [2.75, 3.05) is 0 Å². The van der Waals surface area contributed by atoms with Gasteiger partial charge in [-0.05, 0) is 57.9 Å². The molecular weight excluding hydrogens is 282 g/mol. The number of aliphatic hydroxyl groups is 1. The molecule has 1 heterocycles. The first-order valence-electron chi connectivity index (χ1n) is 7.33. The Bertz CT molecular complexity index is 682. The molecule has 0 saturated heterocycles. The Labute approximate surface area is 130 Å². The largest absolute Gasteiger partial charge is 0.459 e. The fourth-order valence-electron chi connectivity index (χ4n) is 2.26. The van der Waals surface area contributed by atoms with Gasteiger partial charge in [-0.2, -0.15) is 0 Å². The van der Waals surface area contributed by atoms with Crippen molar-refractivity contribution in [1.82, 2.24) is 5.32 Å². The molecule has 0 aliphatic heterocycles. The third kappa shape index (κ3) is 3.60. The third-order valence-electron chi connectivity index (χ3n) is 3.43. The smallest absolute Gasteiger partial charge is 0.408 e. The molecule has 1 atom stereocenters. The maximum absolute atomic E-state index is 11.8. The summed E-state index contributed by atoms with van der Waals surface area (Å²) >= 11 is 0. The van der Waals surface area contributed by atoms with Crippen molar-refractivity contribution in [1.29, 1.82) is 0 Å². The number of rotatable bonds is 3. The first-order valence-corrected chi connectivity index (χ1v) is 7.33. The van der Waals surface area contributed by atoms with Crippen LogP contribution in [0.25, 0.3) is 11.0 Å². The maximum Gasteiger partial charge on any atom is 0.408 e. The molecule has 2 aromatic rings. The van der Waals surface area contributed by atoms with Crippen LogP contribution < -0.4 is 5.32 Å². The van der Waals surface area contributed by atoms with E-state index >= 15 is 0 Å². The molecule has 2 rings (SSSR count). The fraction of sp³-hybridized carbons (Fsp3) is 0.471. The molecule has 1 amide bonds. The summed E-state index contributed by atoms with van der Waals surface area (Å²) < 4.78 is 11.0. The quantitative estimate of drug-likeness (QED) is 0.904. The normalized spacial score (nSPS) is 13.2. The van der Waals surface area contributed by atoms with Crippen molar-refractivity contribution in [3.63, 3.8) is 0 Å². The number of alkyl carbamates (subject to hydrolysis) is 1. The van der Waals surface area contributed by atoms with E-state index in [4.69, 9.17) is 9.15 Å². The highest BCUT2D eigenvalue weighted by Crippen LogP contribution is 2.28. The van der Waals surface area contributed by atoms with Crippen LogP contribution >= 0.6 is 0 Å². The molecule has 0 spiro atoms. The molecule has 0 bridgehead atoms. The molecular formula is C17H23NO4. The Balaban J connectivity index is 2.20. The van der Waals surface area contributed by atoms with Crippen LogP contribution in [0.15, 0.2) is 22.6 Å². The zero-order chi connectivity index (χ0) is 16.5. The summed E-state index contributed by atoms with van der Waals surface area (Å²) in [7, 11) is 0. The predicted octanol–water partition coefficient (Wildman–Crippen LogP) is 3.82. The molecule has 22 heavy (non-hydrogen) atoms. The number of aliphatic hydroxyl groups excluding tert-OH is 1. The second-order valence-electron chi connectivity index (χ2n) is 6.44. The molecule has 0 aliphatic rings. The number of nitrogens with one attached hydrogen (secondary N) is 1. The molecule has 0 fully saturated rings. The second-order valence-corrected chi connectivity index (χ2v) is 6.44. The Kier molecular flexibility index (Phi) is 4.47. The Morgan fingerprint density at radius 3 is 2.68 bits per heavy atom. The number of amides is 1. The van der Waals surface area contributed by atoms with E-state index in [0.717, 1.165) is 22.1 Å². The lowest BCUT2D eigenvalue weighted by Crippen LogP contribution is -2.33. The van der Waals surface area contributed by atoms with Crippen LogP contribution in [0.4, 0.5) is 4.79 Å². The van der Waals surface area contributed by atoms with Gasteiger partial charge in [-0.3, -0.25) is 0 Å². The minimum Gasteiger partial charge on any atom is -0.459 e.